The molecule has 0 aliphatic heterocycles. The van der Waals surface area contributed by atoms with E-state index in [1.54, 1.807) is 17.1 Å². The maximum Gasteiger partial charge on any atom is 0.248 e. The number of anilines is 1. The van der Waals surface area contributed by atoms with Gasteiger partial charge in [-0.1, -0.05) is 23.3 Å². The molecule has 3 rings (SSSR count). The van der Waals surface area contributed by atoms with Crippen LogP contribution in [0.25, 0.3) is 5.69 Å². The average molecular weight is 252 g/mol. The van der Waals surface area contributed by atoms with Gasteiger partial charge in [0, 0.05) is 18.9 Å². The zero-order chi connectivity index (χ0) is 12.9. The molecule has 0 spiro atoms. The standard InChI is InChI=1S/C13H12N6/c1-2-4-12(5-3-1)19-13(16-17-18-19)15-10-11-6-8-14-9-7-11/h1-9H,10H2,(H,15,16,18). The minimum atomic E-state index is 0.614. The second-order valence-electron chi connectivity index (χ2n) is 3.96. The number of aromatic nitrogens is 5. The van der Waals surface area contributed by atoms with E-state index in [4.69, 9.17) is 0 Å². The van der Waals surface area contributed by atoms with Gasteiger partial charge in [0.25, 0.3) is 0 Å². The van der Waals surface area contributed by atoms with Crippen LogP contribution < -0.4 is 5.32 Å². The lowest BCUT2D eigenvalue weighted by Crippen LogP contribution is -2.07. The topological polar surface area (TPSA) is 68.5 Å². The first kappa shape index (κ1) is 11.3. The van der Waals surface area contributed by atoms with Gasteiger partial charge in [-0.15, -0.1) is 0 Å². The van der Waals surface area contributed by atoms with Crippen LogP contribution in [0, 0.1) is 0 Å². The minimum Gasteiger partial charge on any atom is -0.349 e. The molecule has 0 amide bonds. The van der Waals surface area contributed by atoms with E-state index in [1.807, 2.05) is 42.5 Å². The van der Waals surface area contributed by atoms with Crippen LogP contribution in [0.1, 0.15) is 5.56 Å². The highest BCUT2D eigenvalue weighted by molar-refractivity contribution is 5.38. The largest absolute Gasteiger partial charge is 0.349 e. The van der Waals surface area contributed by atoms with Gasteiger partial charge in [0.1, 0.15) is 0 Å². The van der Waals surface area contributed by atoms with E-state index < -0.39 is 0 Å². The molecule has 0 saturated heterocycles. The van der Waals surface area contributed by atoms with Gasteiger partial charge in [-0.05, 0) is 40.3 Å². The van der Waals surface area contributed by atoms with Crippen LogP contribution in [-0.2, 0) is 6.54 Å². The zero-order valence-electron chi connectivity index (χ0n) is 10.1. The molecule has 0 bridgehead atoms. The number of nitrogens with zero attached hydrogens (tertiary/aromatic N) is 5. The predicted molar refractivity (Wildman–Crippen MR) is 70.7 cm³/mol. The van der Waals surface area contributed by atoms with Crippen molar-refractivity contribution in [1.82, 2.24) is 25.2 Å². The van der Waals surface area contributed by atoms with Crippen molar-refractivity contribution in [3.8, 4) is 5.69 Å². The van der Waals surface area contributed by atoms with E-state index in [-0.39, 0.29) is 0 Å². The normalized spacial score (nSPS) is 10.3. The Morgan fingerprint density at radius 3 is 2.58 bits per heavy atom. The van der Waals surface area contributed by atoms with Crippen molar-refractivity contribution in [1.29, 1.82) is 0 Å². The zero-order valence-corrected chi connectivity index (χ0v) is 10.1. The van der Waals surface area contributed by atoms with Crippen LogP contribution >= 0.6 is 0 Å². The third kappa shape index (κ3) is 2.57. The van der Waals surface area contributed by atoms with Crippen molar-refractivity contribution < 1.29 is 0 Å². The van der Waals surface area contributed by atoms with E-state index in [1.165, 1.54) is 0 Å². The molecule has 2 aromatic heterocycles. The average Bonchev–Trinajstić information content (AvgIpc) is 2.95. The van der Waals surface area contributed by atoms with Gasteiger partial charge in [0.05, 0.1) is 5.69 Å². The SMILES string of the molecule is c1ccc(-n2nnnc2NCc2ccncc2)cc1. The molecule has 0 aliphatic rings. The molecular formula is C13H12N6. The molecule has 0 radical (unpaired) electrons. The number of nitrogens with one attached hydrogen (secondary N) is 1. The molecule has 3 aromatic rings. The van der Waals surface area contributed by atoms with E-state index >= 15 is 0 Å². The highest BCUT2D eigenvalue weighted by Crippen LogP contribution is 2.11. The van der Waals surface area contributed by atoms with E-state index in [0.717, 1.165) is 11.3 Å². The molecule has 2 heterocycles. The first-order chi connectivity index (χ1) is 9.43. The first-order valence-electron chi connectivity index (χ1n) is 5.90. The third-order valence-corrected chi connectivity index (χ3v) is 2.67. The Labute approximate surface area is 110 Å². The van der Waals surface area contributed by atoms with E-state index in [9.17, 15) is 0 Å². The lowest BCUT2D eigenvalue weighted by atomic mass is 10.3. The smallest absolute Gasteiger partial charge is 0.248 e. The fourth-order valence-corrected chi connectivity index (χ4v) is 1.72. The van der Waals surface area contributed by atoms with Crippen molar-refractivity contribution in [2.45, 2.75) is 6.54 Å². The Morgan fingerprint density at radius 2 is 1.79 bits per heavy atom. The Balaban J connectivity index is 1.78. The summed E-state index contributed by atoms with van der Waals surface area (Å²) in [5.41, 5.74) is 2.04. The second-order valence-corrected chi connectivity index (χ2v) is 3.96. The predicted octanol–water partition coefficient (Wildman–Crippen LogP) is 1.67. The molecule has 0 fully saturated rings. The summed E-state index contributed by atoms with van der Waals surface area (Å²) < 4.78 is 1.67. The molecule has 0 saturated carbocycles. The van der Waals surface area contributed by atoms with E-state index in [0.29, 0.717) is 12.5 Å². The number of rotatable bonds is 4. The van der Waals surface area contributed by atoms with Crippen molar-refractivity contribution in [2.24, 2.45) is 0 Å². The van der Waals surface area contributed by atoms with Crippen LogP contribution in [0.2, 0.25) is 0 Å². The summed E-state index contributed by atoms with van der Waals surface area (Å²) in [5.74, 6) is 0.614. The monoisotopic (exact) mass is 252 g/mol. The number of hydrogen-bond donors (Lipinski definition) is 1. The number of benzene rings is 1. The molecule has 1 N–H and O–H groups in total. The van der Waals surface area contributed by atoms with Gasteiger partial charge in [-0.25, -0.2) is 0 Å². The van der Waals surface area contributed by atoms with Crippen molar-refractivity contribution >= 4 is 5.95 Å². The summed E-state index contributed by atoms with van der Waals surface area (Å²) >= 11 is 0. The lowest BCUT2D eigenvalue weighted by molar-refractivity contribution is 0.789. The first-order valence-corrected chi connectivity index (χ1v) is 5.90. The quantitative estimate of drug-likeness (QED) is 0.765. The maximum atomic E-state index is 3.98. The van der Waals surface area contributed by atoms with Gasteiger partial charge in [-0.2, -0.15) is 4.68 Å². The summed E-state index contributed by atoms with van der Waals surface area (Å²) in [4.78, 5) is 3.98. The van der Waals surface area contributed by atoms with Crippen LogP contribution in [0.5, 0.6) is 0 Å². The summed E-state index contributed by atoms with van der Waals surface area (Å²) in [6, 6.07) is 13.7. The van der Waals surface area contributed by atoms with Crippen LogP contribution in [0.4, 0.5) is 5.95 Å². The van der Waals surface area contributed by atoms with Gasteiger partial charge in [0.15, 0.2) is 0 Å². The lowest BCUT2D eigenvalue weighted by Gasteiger charge is -2.06. The molecule has 0 unspecified atom stereocenters. The highest BCUT2D eigenvalue weighted by Gasteiger charge is 2.06. The summed E-state index contributed by atoms with van der Waals surface area (Å²) in [5, 5.41) is 14.9. The Hall–Kier alpha value is -2.76. The highest BCUT2D eigenvalue weighted by atomic mass is 15.6. The third-order valence-electron chi connectivity index (χ3n) is 2.67. The molecule has 0 atom stereocenters. The summed E-state index contributed by atoms with van der Waals surface area (Å²) in [7, 11) is 0. The fourth-order valence-electron chi connectivity index (χ4n) is 1.72. The Kier molecular flexibility index (Phi) is 3.14. The summed E-state index contributed by atoms with van der Waals surface area (Å²) in [6.45, 7) is 0.649. The molecule has 6 nitrogen and oxygen atoms in total. The molecule has 1 aromatic carbocycles. The molecule has 19 heavy (non-hydrogen) atoms. The Morgan fingerprint density at radius 1 is 1.00 bits per heavy atom. The molecule has 0 aliphatic carbocycles. The fraction of sp³-hybridized carbons (Fsp3) is 0.0769. The number of hydrogen-bond acceptors (Lipinski definition) is 5. The van der Waals surface area contributed by atoms with E-state index in [2.05, 4.69) is 25.8 Å². The number of tetrazole rings is 1. The van der Waals surface area contributed by atoms with Gasteiger partial charge >= 0.3 is 0 Å². The molecule has 6 heteroatoms. The minimum absolute atomic E-state index is 0.614. The van der Waals surface area contributed by atoms with Crippen molar-refractivity contribution in [2.75, 3.05) is 5.32 Å². The number of para-hydroxylation sites is 1. The maximum absolute atomic E-state index is 3.98. The molecular weight excluding hydrogens is 240 g/mol. The second kappa shape index (κ2) is 5.26. The van der Waals surface area contributed by atoms with Crippen LogP contribution in [0.15, 0.2) is 54.9 Å². The van der Waals surface area contributed by atoms with Crippen LogP contribution in [0.3, 0.4) is 0 Å². The van der Waals surface area contributed by atoms with Gasteiger partial charge in [-0.3, -0.25) is 4.98 Å². The Bertz CT molecular complexity index is 635. The molecule has 94 valence electrons. The van der Waals surface area contributed by atoms with Crippen molar-refractivity contribution in [3.05, 3.63) is 60.4 Å². The van der Waals surface area contributed by atoms with Gasteiger partial charge in [0.2, 0.25) is 5.95 Å². The van der Waals surface area contributed by atoms with Crippen molar-refractivity contribution in [3.63, 3.8) is 0 Å². The summed E-state index contributed by atoms with van der Waals surface area (Å²) in [6.07, 6.45) is 3.52. The van der Waals surface area contributed by atoms with Gasteiger partial charge < -0.3 is 5.32 Å². The number of pyridine rings is 1. The van der Waals surface area contributed by atoms with Crippen LogP contribution in [-0.4, -0.2) is 25.2 Å².